The van der Waals surface area contributed by atoms with Crippen LogP contribution in [0.15, 0.2) is 59.7 Å². The van der Waals surface area contributed by atoms with E-state index in [0.29, 0.717) is 22.5 Å². The Labute approximate surface area is 206 Å². The molecule has 14 heteroatoms. The molecule has 1 heterocycles. The number of hydrogen-bond donors (Lipinski definition) is 7. The first-order valence-corrected chi connectivity index (χ1v) is 10.1. The van der Waals surface area contributed by atoms with Gasteiger partial charge in [-0.3, -0.25) is 0 Å². The first kappa shape index (κ1) is 25.8. The highest BCUT2D eigenvalue weighted by Crippen LogP contribution is 2.21. The standard InChI is InChI=1S/C23H17N5O9/c29-17(30)15(18(31)32)9-11-1-5-13(6-2-11)24-21-26-22(28-23(37)27-21)25-14-7-3-12(4-8-14)10-16(19(33)34)20(35)36/h1-10H,(H,29,30)(H,31,32)(H,33,34)(H,35,36)(H3,24,25,26,27,28,37). The molecule has 1 aromatic heterocycles. The van der Waals surface area contributed by atoms with Crippen molar-refractivity contribution in [1.82, 2.24) is 15.0 Å². The number of rotatable bonds is 10. The van der Waals surface area contributed by atoms with Crippen molar-refractivity contribution < 1.29 is 44.7 Å². The molecule has 0 aliphatic carbocycles. The summed E-state index contributed by atoms with van der Waals surface area (Å²) in [6.45, 7) is 0. The zero-order valence-electron chi connectivity index (χ0n) is 18.5. The predicted molar refractivity (Wildman–Crippen MR) is 127 cm³/mol. The maximum Gasteiger partial charge on any atom is 0.343 e. The van der Waals surface area contributed by atoms with E-state index in [0.717, 1.165) is 12.2 Å². The van der Waals surface area contributed by atoms with E-state index in [9.17, 15) is 24.3 Å². The maximum absolute atomic E-state index is 11.0. The average molecular weight is 507 g/mol. The van der Waals surface area contributed by atoms with Crippen LogP contribution >= 0.6 is 0 Å². The van der Waals surface area contributed by atoms with Gasteiger partial charge in [0.05, 0.1) is 0 Å². The quantitative estimate of drug-likeness (QED) is 0.118. The Morgan fingerprint density at radius 2 is 0.892 bits per heavy atom. The van der Waals surface area contributed by atoms with Crippen molar-refractivity contribution in [1.29, 1.82) is 0 Å². The third-order valence-electron chi connectivity index (χ3n) is 4.50. The van der Waals surface area contributed by atoms with Crippen LogP contribution in [-0.4, -0.2) is 64.4 Å². The fraction of sp³-hybridized carbons (Fsp3) is 0. The van der Waals surface area contributed by atoms with Gasteiger partial charge in [-0.05, 0) is 47.5 Å². The van der Waals surface area contributed by atoms with Crippen molar-refractivity contribution in [2.45, 2.75) is 0 Å². The highest BCUT2D eigenvalue weighted by molar-refractivity contribution is 6.16. The van der Waals surface area contributed by atoms with Gasteiger partial charge in [0.1, 0.15) is 11.1 Å². The second-order valence-electron chi connectivity index (χ2n) is 7.11. The molecular formula is C23H17N5O9. The van der Waals surface area contributed by atoms with Crippen molar-refractivity contribution in [3.8, 4) is 6.01 Å². The van der Waals surface area contributed by atoms with E-state index in [4.69, 9.17) is 20.4 Å². The van der Waals surface area contributed by atoms with Crippen LogP contribution in [0.3, 0.4) is 0 Å². The molecule has 0 fully saturated rings. The Bertz CT molecular complexity index is 1290. The van der Waals surface area contributed by atoms with E-state index in [1.54, 1.807) is 0 Å². The summed E-state index contributed by atoms with van der Waals surface area (Å²) < 4.78 is 0. The third kappa shape index (κ3) is 7.10. The summed E-state index contributed by atoms with van der Waals surface area (Å²) in [6, 6.07) is 11.3. The molecule has 3 aromatic rings. The molecule has 0 aliphatic heterocycles. The van der Waals surface area contributed by atoms with Crippen molar-refractivity contribution >= 4 is 59.3 Å². The minimum atomic E-state index is -1.58. The number of carbonyl (C=O) groups is 4. The number of carboxylic acids is 4. The van der Waals surface area contributed by atoms with Gasteiger partial charge in [0, 0.05) is 11.4 Å². The van der Waals surface area contributed by atoms with Crippen LogP contribution in [0.5, 0.6) is 6.01 Å². The van der Waals surface area contributed by atoms with Crippen molar-refractivity contribution in [2.75, 3.05) is 10.6 Å². The SMILES string of the molecule is O=C(O)C(=Cc1ccc(Nc2nc(O)nc(Nc3ccc(C=C(C(=O)O)C(=O)O)cc3)n2)cc1)C(=O)O. The maximum atomic E-state index is 11.0. The van der Waals surface area contributed by atoms with Gasteiger partial charge in [-0.25, -0.2) is 19.2 Å². The van der Waals surface area contributed by atoms with E-state index < -0.39 is 41.0 Å². The highest BCUT2D eigenvalue weighted by atomic mass is 16.4. The Morgan fingerprint density at radius 3 is 1.19 bits per heavy atom. The van der Waals surface area contributed by atoms with Gasteiger partial charge in [0.2, 0.25) is 11.9 Å². The second-order valence-corrected chi connectivity index (χ2v) is 7.11. The minimum Gasteiger partial charge on any atom is -0.479 e. The summed E-state index contributed by atoms with van der Waals surface area (Å²) in [7, 11) is 0. The molecule has 0 bridgehead atoms. The van der Waals surface area contributed by atoms with Crippen LogP contribution in [0, 0.1) is 0 Å². The van der Waals surface area contributed by atoms with Crippen molar-refractivity contribution in [2.24, 2.45) is 0 Å². The molecule has 0 spiro atoms. The number of aromatic hydroxyl groups is 1. The van der Waals surface area contributed by atoms with Gasteiger partial charge in [-0.2, -0.15) is 15.0 Å². The number of aliphatic carboxylic acids is 4. The second kappa shape index (κ2) is 11.1. The molecule has 0 atom stereocenters. The molecule has 0 radical (unpaired) electrons. The highest BCUT2D eigenvalue weighted by Gasteiger charge is 2.16. The average Bonchev–Trinajstić information content (AvgIpc) is 2.81. The normalized spacial score (nSPS) is 10.1. The van der Waals surface area contributed by atoms with Crippen LogP contribution in [0.4, 0.5) is 23.3 Å². The van der Waals surface area contributed by atoms with E-state index in [1.807, 2.05) is 0 Å². The summed E-state index contributed by atoms with van der Waals surface area (Å²) >= 11 is 0. The van der Waals surface area contributed by atoms with Gasteiger partial charge < -0.3 is 36.2 Å². The van der Waals surface area contributed by atoms with Gasteiger partial charge in [-0.15, -0.1) is 0 Å². The topological polar surface area (TPSA) is 232 Å². The molecule has 0 saturated heterocycles. The molecule has 0 aliphatic rings. The van der Waals surface area contributed by atoms with Gasteiger partial charge in [0.15, 0.2) is 0 Å². The monoisotopic (exact) mass is 507 g/mol. The number of aromatic nitrogens is 3. The Morgan fingerprint density at radius 1 is 0.568 bits per heavy atom. The van der Waals surface area contributed by atoms with Gasteiger partial charge in [0.25, 0.3) is 0 Å². The number of nitrogens with one attached hydrogen (secondary N) is 2. The fourth-order valence-corrected chi connectivity index (χ4v) is 2.82. The molecule has 7 N–H and O–H groups in total. The Hall–Kier alpha value is -5.79. The lowest BCUT2D eigenvalue weighted by Crippen LogP contribution is -2.10. The largest absolute Gasteiger partial charge is 0.479 e. The molecule has 37 heavy (non-hydrogen) atoms. The molecule has 0 saturated carbocycles. The first-order valence-electron chi connectivity index (χ1n) is 10.1. The molecule has 3 rings (SSSR count). The first-order chi connectivity index (χ1) is 17.5. The summed E-state index contributed by atoms with van der Waals surface area (Å²) in [5, 5.41) is 51.3. The lowest BCUT2D eigenvalue weighted by Gasteiger charge is -2.09. The van der Waals surface area contributed by atoms with E-state index in [2.05, 4.69) is 25.6 Å². The molecule has 0 unspecified atom stereocenters. The third-order valence-corrected chi connectivity index (χ3v) is 4.50. The zero-order chi connectivity index (χ0) is 27.1. The number of carboxylic acid groups (broad SMARTS) is 4. The number of anilines is 4. The lowest BCUT2D eigenvalue weighted by atomic mass is 10.1. The Kier molecular flexibility index (Phi) is 7.74. The number of benzene rings is 2. The summed E-state index contributed by atoms with van der Waals surface area (Å²) in [5.41, 5.74) is -0.0831. The van der Waals surface area contributed by atoms with E-state index >= 15 is 0 Å². The fourth-order valence-electron chi connectivity index (χ4n) is 2.82. The zero-order valence-corrected chi connectivity index (χ0v) is 18.5. The molecule has 14 nitrogen and oxygen atoms in total. The molecule has 0 amide bonds. The molecular weight excluding hydrogens is 490 g/mol. The van der Waals surface area contributed by atoms with Crippen LogP contribution < -0.4 is 10.6 Å². The van der Waals surface area contributed by atoms with Crippen LogP contribution in [0.1, 0.15) is 11.1 Å². The van der Waals surface area contributed by atoms with Gasteiger partial charge >= 0.3 is 29.9 Å². The van der Waals surface area contributed by atoms with Crippen LogP contribution in [0.25, 0.3) is 12.2 Å². The Balaban J connectivity index is 1.75. The summed E-state index contributed by atoms with van der Waals surface area (Å²) in [4.78, 5) is 55.6. The van der Waals surface area contributed by atoms with Crippen LogP contribution in [-0.2, 0) is 19.2 Å². The minimum absolute atomic E-state index is 0.0536. The van der Waals surface area contributed by atoms with Crippen LogP contribution in [0.2, 0.25) is 0 Å². The number of hydrogen-bond acceptors (Lipinski definition) is 10. The summed E-state index contributed by atoms with van der Waals surface area (Å²) in [6.07, 6.45) is 1.99. The number of nitrogens with zero attached hydrogens (tertiary/aromatic N) is 3. The van der Waals surface area contributed by atoms with E-state index in [1.165, 1.54) is 48.5 Å². The van der Waals surface area contributed by atoms with E-state index in [-0.39, 0.29) is 11.9 Å². The smallest absolute Gasteiger partial charge is 0.343 e. The lowest BCUT2D eigenvalue weighted by molar-refractivity contribution is -0.142. The molecule has 2 aromatic carbocycles. The van der Waals surface area contributed by atoms with Crippen molar-refractivity contribution in [3.05, 3.63) is 70.8 Å². The van der Waals surface area contributed by atoms with Gasteiger partial charge in [-0.1, -0.05) is 24.3 Å². The summed E-state index contributed by atoms with van der Waals surface area (Å²) in [5.74, 6) is -6.42. The van der Waals surface area contributed by atoms with Crippen molar-refractivity contribution in [3.63, 3.8) is 0 Å². The predicted octanol–water partition coefficient (Wildman–Crippen LogP) is 2.17. The molecule has 188 valence electrons.